The summed E-state index contributed by atoms with van der Waals surface area (Å²) >= 11 is 0. The van der Waals surface area contributed by atoms with Gasteiger partial charge < -0.3 is 0 Å². The lowest BCUT2D eigenvalue weighted by molar-refractivity contribution is -0.126. The minimum Gasteiger partial charge on any atom is -0.299 e. The molecule has 0 amide bonds. The van der Waals surface area contributed by atoms with Gasteiger partial charge in [-0.25, -0.2) is 0 Å². The lowest BCUT2D eigenvalue weighted by Crippen LogP contribution is -2.36. The van der Waals surface area contributed by atoms with Crippen LogP contribution < -0.4 is 0 Å². The third-order valence-electron chi connectivity index (χ3n) is 6.40. The first-order valence-corrected chi connectivity index (χ1v) is 8.78. The summed E-state index contributed by atoms with van der Waals surface area (Å²) in [4.78, 5) is 13.2. The third-order valence-corrected chi connectivity index (χ3v) is 6.40. The van der Waals surface area contributed by atoms with Gasteiger partial charge in [-0.15, -0.1) is 0 Å². The van der Waals surface area contributed by atoms with Crippen molar-refractivity contribution in [3.8, 4) is 0 Å². The second kappa shape index (κ2) is 5.94. The highest BCUT2D eigenvalue weighted by Crippen LogP contribution is 2.50. The van der Waals surface area contributed by atoms with Gasteiger partial charge in [0, 0.05) is 6.42 Å². The highest BCUT2D eigenvalue weighted by atomic mass is 16.1. The Labute approximate surface area is 129 Å². The molecule has 3 rings (SSSR count). The van der Waals surface area contributed by atoms with E-state index in [0.29, 0.717) is 11.7 Å². The Hall–Kier alpha value is -1.11. The van der Waals surface area contributed by atoms with Crippen LogP contribution in [0, 0.1) is 17.8 Å². The number of hydrogen-bond donors (Lipinski definition) is 0. The van der Waals surface area contributed by atoms with E-state index < -0.39 is 0 Å². The van der Waals surface area contributed by atoms with Crippen molar-refractivity contribution in [3.05, 3.63) is 35.9 Å². The van der Waals surface area contributed by atoms with Crippen molar-refractivity contribution in [3.63, 3.8) is 0 Å². The van der Waals surface area contributed by atoms with Gasteiger partial charge in [0.05, 0.1) is 5.41 Å². The van der Waals surface area contributed by atoms with E-state index in [1.807, 2.05) is 6.07 Å². The van der Waals surface area contributed by atoms with Crippen molar-refractivity contribution in [1.82, 2.24) is 0 Å². The first-order valence-electron chi connectivity index (χ1n) is 8.78. The maximum Gasteiger partial charge on any atom is 0.143 e. The molecule has 0 heterocycles. The number of hydrogen-bond acceptors (Lipinski definition) is 1. The molecule has 2 saturated carbocycles. The van der Waals surface area contributed by atoms with E-state index in [1.165, 1.54) is 31.2 Å². The Morgan fingerprint density at radius 2 is 1.81 bits per heavy atom. The molecule has 2 bridgehead atoms. The Morgan fingerprint density at radius 1 is 1.10 bits per heavy atom. The van der Waals surface area contributed by atoms with Gasteiger partial charge in [0.2, 0.25) is 0 Å². The van der Waals surface area contributed by atoms with Gasteiger partial charge in [0.15, 0.2) is 0 Å². The summed E-state index contributed by atoms with van der Waals surface area (Å²) in [6.45, 7) is 4.35. The van der Waals surface area contributed by atoms with Crippen LogP contribution in [-0.4, -0.2) is 5.78 Å². The summed E-state index contributed by atoms with van der Waals surface area (Å²) in [7, 11) is 0. The van der Waals surface area contributed by atoms with Gasteiger partial charge in [0.1, 0.15) is 5.78 Å². The molecule has 1 aromatic rings. The maximum absolute atomic E-state index is 13.2. The van der Waals surface area contributed by atoms with Gasteiger partial charge in [-0.1, -0.05) is 50.6 Å². The van der Waals surface area contributed by atoms with Crippen molar-refractivity contribution in [2.75, 3.05) is 0 Å². The van der Waals surface area contributed by atoms with E-state index in [2.05, 4.69) is 38.1 Å². The van der Waals surface area contributed by atoms with Crippen molar-refractivity contribution in [2.45, 2.75) is 64.2 Å². The third kappa shape index (κ3) is 2.56. The molecular weight excluding hydrogens is 256 g/mol. The zero-order valence-electron chi connectivity index (χ0n) is 13.5. The second-order valence-electron chi connectivity index (χ2n) is 7.22. The van der Waals surface area contributed by atoms with E-state index in [-0.39, 0.29) is 5.41 Å². The summed E-state index contributed by atoms with van der Waals surface area (Å²) in [6.07, 6.45) is 8.17. The maximum atomic E-state index is 13.2. The lowest BCUT2D eigenvalue weighted by atomic mass is 9.69. The molecule has 0 radical (unpaired) electrons. The molecule has 2 fully saturated rings. The molecule has 0 N–H and O–H groups in total. The van der Waals surface area contributed by atoms with Crippen molar-refractivity contribution in [1.29, 1.82) is 0 Å². The monoisotopic (exact) mass is 284 g/mol. The molecule has 2 aliphatic rings. The Morgan fingerprint density at radius 3 is 2.33 bits per heavy atom. The van der Waals surface area contributed by atoms with E-state index >= 15 is 0 Å². The predicted octanol–water partition coefficient (Wildman–Crippen LogP) is 5.14. The standard InChI is InChI=1S/C20H28O/c1-3-20(4-2,18-8-6-5-7-9-18)19(21)14-17-13-15-10-11-16(17)12-15/h5-9,15-17H,3-4,10-14H2,1-2H3. The van der Waals surface area contributed by atoms with E-state index in [1.54, 1.807) is 0 Å². The van der Waals surface area contributed by atoms with Crippen molar-refractivity contribution in [2.24, 2.45) is 17.8 Å². The van der Waals surface area contributed by atoms with Crippen LogP contribution in [0.4, 0.5) is 0 Å². The Balaban J connectivity index is 1.79. The zero-order chi connectivity index (χ0) is 14.9. The molecule has 1 heteroatoms. The van der Waals surface area contributed by atoms with Crippen LogP contribution in [0.15, 0.2) is 30.3 Å². The number of Topliss-reactive ketones (excluding diaryl/α,β-unsaturated/α-hetero) is 1. The molecule has 114 valence electrons. The minimum atomic E-state index is -0.247. The van der Waals surface area contributed by atoms with Crippen LogP contribution >= 0.6 is 0 Å². The van der Waals surface area contributed by atoms with Gasteiger partial charge in [-0.2, -0.15) is 0 Å². The number of carbonyl (C=O) groups excluding carboxylic acids is 1. The predicted molar refractivity (Wildman–Crippen MR) is 87.3 cm³/mol. The van der Waals surface area contributed by atoms with Crippen LogP contribution in [0.25, 0.3) is 0 Å². The van der Waals surface area contributed by atoms with Gasteiger partial charge in [-0.05, 0) is 55.4 Å². The van der Waals surface area contributed by atoms with Crippen molar-refractivity contribution < 1.29 is 4.79 Å². The molecule has 1 aromatic carbocycles. The lowest BCUT2D eigenvalue weighted by Gasteiger charge is -2.33. The van der Waals surface area contributed by atoms with Gasteiger partial charge in [0.25, 0.3) is 0 Å². The van der Waals surface area contributed by atoms with E-state index in [4.69, 9.17) is 0 Å². The number of ketones is 1. The van der Waals surface area contributed by atoms with Crippen LogP contribution in [-0.2, 0) is 10.2 Å². The fourth-order valence-electron chi connectivity index (χ4n) is 5.03. The summed E-state index contributed by atoms with van der Waals surface area (Å²) in [5, 5.41) is 0. The molecule has 0 aromatic heterocycles. The SMILES string of the molecule is CCC(CC)(C(=O)CC1CC2CCC1C2)c1ccccc1. The zero-order valence-corrected chi connectivity index (χ0v) is 13.5. The van der Waals surface area contributed by atoms with E-state index in [0.717, 1.165) is 31.1 Å². The average Bonchev–Trinajstić information content (AvgIpc) is 3.13. The number of carbonyl (C=O) groups is 1. The average molecular weight is 284 g/mol. The summed E-state index contributed by atoms with van der Waals surface area (Å²) in [6, 6.07) is 10.5. The highest BCUT2D eigenvalue weighted by Gasteiger charge is 2.43. The molecular formula is C20H28O. The van der Waals surface area contributed by atoms with Gasteiger partial charge >= 0.3 is 0 Å². The summed E-state index contributed by atoms with van der Waals surface area (Å²) in [5.74, 6) is 2.96. The molecule has 1 nitrogen and oxygen atoms in total. The molecule has 0 saturated heterocycles. The molecule has 0 spiro atoms. The molecule has 3 atom stereocenters. The number of fused-ring (bicyclic) bond motifs is 2. The first-order chi connectivity index (χ1) is 10.2. The molecule has 0 aliphatic heterocycles. The second-order valence-corrected chi connectivity index (χ2v) is 7.22. The quantitative estimate of drug-likeness (QED) is 0.707. The Kier molecular flexibility index (Phi) is 4.19. The molecule has 3 unspecified atom stereocenters. The topological polar surface area (TPSA) is 17.1 Å². The minimum absolute atomic E-state index is 0.247. The fourth-order valence-corrected chi connectivity index (χ4v) is 5.03. The largest absolute Gasteiger partial charge is 0.299 e. The van der Waals surface area contributed by atoms with Crippen LogP contribution in [0.5, 0.6) is 0 Å². The molecule has 2 aliphatic carbocycles. The van der Waals surface area contributed by atoms with Gasteiger partial charge in [-0.3, -0.25) is 4.79 Å². The highest BCUT2D eigenvalue weighted by molar-refractivity contribution is 5.90. The molecule has 21 heavy (non-hydrogen) atoms. The number of benzene rings is 1. The van der Waals surface area contributed by atoms with Crippen LogP contribution in [0.1, 0.15) is 64.4 Å². The van der Waals surface area contributed by atoms with Crippen LogP contribution in [0.3, 0.4) is 0 Å². The summed E-state index contributed by atoms with van der Waals surface area (Å²) < 4.78 is 0. The smallest absolute Gasteiger partial charge is 0.143 e. The Bertz CT molecular complexity index is 486. The summed E-state index contributed by atoms with van der Waals surface area (Å²) in [5.41, 5.74) is 0.978. The van der Waals surface area contributed by atoms with E-state index in [9.17, 15) is 4.79 Å². The normalized spacial score (nSPS) is 28.0. The number of rotatable bonds is 6. The van der Waals surface area contributed by atoms with Crippen molar-refractivity contribution >= 4 is 5.78 Å². The first kappa shape index (κ1) is 14.8. The fraction of sp³-hybridized carbons (Fsp3) is 0.650. The van der Waals surface area contributed by atoms with Crippen LogP contribution in [0.2, 0.25) is 0 Å².